The van der Waals surface area contributed by atoms with Gasteiger partial charge in [0.2, 0.25) is 5.91 Å². The first-order chi connectivity index (χ1) is 11.2. The van der Waals surface area contributed by atoms with E-state index in [0.717, 1.165) is 17.0 Å². The molecule has 1 N–H and O–H groups in total. The molecule has 0 bridgehead atoms. The van der Waals surface area contributed by atoms with Crippen molar-refractivity contribution in [2.75, 3.05) is 0 Å². The van der Waals surface area contributed by atoms with E-state index in [2.05, 4.69) is 15.4 Å². The molecule has 0 spiro atoms. The zero-order valence-electron chi connectivity index (χ0n) is 12.8. The number of hydrogen-bond acceptors (Lipinski definition) is 4. The number of aryl methyl sites for hydroxylation is 1. The molecule has 1 unspecified atom stereocenters. The van der Waals surface area contributed by atoms with Gasteiger partial charge in [-0.2, -0.15) is 5.10 Å². The van der Waals surface area contributed by atoms with Crippen molar-refractivity contribution < 1.29 is 9.21 Å². The summed E-state index contributed by atoms with van der Waals surface area (Å²) in [6.07, 6.45) is 5.78. The highest BCUT2D eigenvalue weighted by atomic mass is 16.3. The maximum Gasteiger partial charge on any atom is 0.220 e. The van der Waals surface area contributed by atoms with Gasteiger partial charge in [0.1, 0.15) is 18.4 Å². The van der Waals surface area contributed by atoms with Gasteiger partial charge in [-0.1, -0.05) is 12.1 Å². The second-order valence-electron chi connectivity index (χ2n) is 5.30. The Morgan fingerprint density at radius 1 is 1.30 bits per heavy atom. The smallest absolute Gasteiger partial charge is 0.220 e. The maximum absolute atomic E-state index is 12.0. The molecule has 118 valence electrons. The molecule has 0 saturated carbocycles. The van der Waals surface area contributed by atoms with Crippen LogP contribution < -0.4 is 5.32 Å². The predicted molar refractivity (Wildman–Crippen MR) is 84.9 cm³/mol. The lowest BCUT2D eigenvalue weighted by Crippen LogP contribution is -2.26. The van der Waals surface area contributed by atoms with Crippen LogP contribution in [0.25, 0.3) is 5.69 Å². The van der Waals surface area contributed by atoms with Crippen molar-refractivity contribution in [2.45, 2.75) is 25.8 Å². The lowest BCUT2D eigenvalue weighted by atomic mass is 10.1. The number of furan rings is 1. The molecule has 0 aliphatic carbocycles. The fourth-order valence-corrected chi connectivity index (χ4v) is 2.35. The summed E-state index contributed by atoms with van der Waals surface area (Å²) in [4.78, 5) is 15.9. The number of carbonyl (C=O) groups excluding carboxylic acids is 1. The number of rotatable bonds is 6. The van der Waals surface area contributed by atoms with Crippen molar-refractivity contribution in [3.05, 3.63) is 66.6 Å². The quantitative estimate of drug-likeness (QED) is 0.759. The molecule has 1 atom stereocenters. The van der Waals surface area contributed by atoms with E-state index in [0.29, 0.717) is 12.8 Å². The Morgan fingerprint density at radius 2 is 2.13 bits per heavy atom. The largest absolute Gasteiger partial charge is 0.469 e. The molecule has 1 aromatic carbocycles. The average Bonchev–Trinajstić information content (AvgIpc) is 3.26. The third-order valence-corrected chi connectivity index (χ3v) is 3.63. The van der Waals surface area contributed by atoms with Crippen LogP contribution in [0, 0.1) is 0 Å². The number of carbonyl (C=O) groups is 1. The Hall–Kier alpha value is -2.89. The van der Waals surface area contributed by atoms with E-state index < -0.39 is 0 Å². The molecular formula is C17H18N4O2. The summed E-state index contributed by atoms with van der Waals surface area (Å²) >= 11 is 0. The molecule has 2 heterocycles. The topological polar surface area (TPSA) is 73.0 Å². The van der Waals surface area contributed by atoms with Crippen LogP contribution in [0.2, 0.25) is 0 Å². The molecule has 1 amide bonds. The summed E-state index contributed by atoms with van der Waals surface area (Å²) in [5.41, 5.74) is 1.97. The van der Waals surface area contributed by atoms with E-state index in [4.69, 9.17) is 4.42 Å². The molecule has 0 radical (unpaired) electrons. The van der Waals surface area contributed by atoms with Gasteiger partial charge in [0.15, 0.2) is 0 Å². The number of nitrogens with one attached hydrogen (secondary N) is 1. The number of hydrogen-bond donors (Lipinski definition) is 1. The minimum absolute atomic E-state index is 0.00857. The minimum Gasteiger partial charge on any atom is -0.469 e. The fourth-order valence-electron chi connectivity index (χ4n) is 2.35. The van der Waals surface area contributed by atoms with E-state index in [1.807, 2.05) is 43.3 Å². The van der Waals surface area contributed by atoms with Crippen molar-refractivity contribution in [3.63, 3.8) is 0 Å². The monoisotopic (exact) mass is 310 g/mol. The molecule has 0 saturated heterocycles. The van der Waals surface area contributed by atoms with Gasteiger partial charge in [-0.25, -0.2) is 9.67 Å². The van der Waals surface area contributed by atoms with Crippen LogP contribution in [0.4, 0.5) is 0 Å². The highest BCUT2D eigenvalue weighted by Crippen LogP contribution is 2.15. The van der Waals surface area contributed by atoms with Crippen molar-refractivity contribution in [1.82, 2.24) is 20.1 Å². The lowest BCUT2D eigenvalue weighted by molar-refractivity contribution is -0.121. The van der Waals surface area contributed by atoms with Crippen LogP contribution >= 0.6 is 0 Å². The molecule has 23 heavy (non-hydrogen) atoms. The second kappa shape index (κ2) is 6.91. The Morgan fingerprint density at radius 3 is 2.78 bits per heavy atom. The van der Waals surface area contributed by atoms with E-state index in [9.17, 15) is 4.79 Å². The first kappa shape index (κ1) is 15.0. The average molecular weight is 310 g/mol. The summed E-state index contributed by atoms with van der Waals surface area (Å²) < 4.78 is 6.92. The minimum atomic E-state index is -0.0519. The maximum atomic E-state index is 12.0. The van der Waals surface area contributed by atoms with Gasteiger partial charge < -0.3 is 9.73 Å². The van der Waals surface area contributed by atoms with Gasteiger partial charge in [0.05, 0.1) is 18.0 Å². The van der Waals surface area contributed by atoms with Crippen LogP contribution in [0.5, 0.6) is 0 Å². The number of aromatic nitrogens is 3. The molecule has 0 fully saturated rings. The van der Waals surface area contributed by atoms with E-state index in [-0.39, 0.29) is 11.9 Å². The standard InChI is InChI=1S/C17H18N4O2/c1-13(20-17(22)9-8-16-3-2-10-23-16)14-4-6-15(7-5-14)21-12-18-11-19-21/h2-7,10-13H,8-9H2,1H3,(H,20,22). The van der Waals surface area contributed by atoms with Gasteiger partial charge in [-0.05, 0) is 36.8 Å². The summed E-state index contributed by atoms with van der Waals surface area (Å²) in [7, 11) is 0. The molecule has 0 aliphatic heterocycles. The molecule has 3 aromatic rings. The van der Waals surface area contributed by atoms with Gasteiger partial charge in [0.25, 0.3) is 0 Å². The van der Waals surface area contributed by atoms with Crippen molar-refractivity contribution >= 4 is 5.91 Å². The van der Waals surface area contributed by atoms with E-state index >= 15 is 0 Å². The molecule has 3 rings (SSSR count). The van der Waals surface area contributed by atoms with Crippen LogP contribution in [-0.4, -0.2) is 20.7 Å². The highest BCUT2D eigenvalue weighted by Gasteiger charge is 2.10. The Bertz CT molecular complexity index is 734. The molecule has 0 aliphatic rings. The molecule has 2 aromatic heterocycles. The Labute approximate surface area is 134 Å². The van der Waals surface area contributed by atoms with Crippen molar-refractivity contribution in [2.24, 2.45) is 0 Å². The van der Waals surface area contributed by atoms with Crippen LogP contribution in [-0.2, 0) is 11.2 Å². The van der Waals surface area contributed by atoms with Crippen molar-refractivity contribution in [3.8, 4) is 5.69 Å². The van der Waals surface area contributed by atoms with Crippen LogP contribution in [0.3, 0.4) is 0 Å². The molecule has 6 heteroatoms. The predicted octanol–water partition coefficient (Wildman–Crippen LogP) is 2.67. The van der Waals surface area contributed by atoms with E-state index in [1.165, 1.54) is 6.33 Å². The number of amides is 1. The molecule has 6 nitrogen and oxygen atoms in total. The second-order valence-corrected chi connectivity index (χ2v) is 5.30. The SMILES string of the molecule is CC(NC(=O)CCc1ccco1)c1ccc(-n2cncn2)cc1. The normalized spacial score (nSPS) is 12.0. The zero-order chi connectivity index (χ0) is 16.1. The summed E-state index contributed by atoms with van der Waals surface area (Å²) in [5, 5.41) is 7.08. The van der Waals surface area contributed by atoms with Crippen LogP contribution in [0.1, 0.15) is 30.7 Å². The molecular weight excluding hydrogens is 292 g/mol. The third-order valence-electron chi connectivity index (χ3n) is 3.63. The Balaban J connectivity index is 1.55. The number of nitrogens with zero attached hydrogens (tertiary/aromatic N) is 3. The summed E-state index contributed by atoms with van der Waals surface area (Å²) in [6, 6.07) is 11.5. The number of benzene rings is 1. The van der Waals surface area contributed by atoms with Gasteiger partial charge in [-0.3, -0.25) is 4.79 Å². The third kappa shape index (κ3) is 3.85. The summed E-state index contributed by atoms with van der Waals surface area (Å²) in [5.74, 6) is 0.833. The highest BCUT2D eigenvalue weighted by molar-refractivity contribution is 5.76. The van der Waals surface area contributed by atoms with Crippen LogP contribution in [0.15, 0.2) is 59.7 Å². The van der Waals surface area contributed by atoms with Gasteiger partial charge in [-0.15, -0.1) is 0 Å². The van der Waals surface area contributed by atoms with Gasteiger partial charge >= 0.3 is 0 Å². The first-order valence-electron chi connectivity index (χ1n) is 7.49. The van der Waals surface area contributed by atoms with Gasteiger partial charge in [0, 0.05) is 12.8 Å². The Kier molecular flexibility index (Phi) is 4.52. The zero-order valence-corrected chi connectivity index (χ0v) is 12.8. The fraction of sp³-hybridized carbons (Fsp3) is 0.235. The lowest BCUT2D eigenvalue weighted by Gasteiger charge is -2.14. The first-order valence-corrected chi connectivity index (χ1v) is 7.49. The summed E-state index contributed by atoms with van der Waals surface area (Å²) in [6.45, 7) is 1.97. The van der Waals surface area contributed by atoms with Crippen molar-refractivity contribution in [1.29, 1.82) is 0 Å². The van der Waals surface area contributed by atoms with E-state index in [1.54, 1.807) is 17.3 Å².